The van der Waals surface area contributed by atoms with Crippen LogP contribution < -0.4 is 5.32 Å². The summed E-state index contributed by atoms with van der Waals surface area (Å²) >= 11 is 0.733. The quantitative estimate of drug-likeness (QED) is 0.571. The first-order chi connectivity index (χ1) is 4.11. The van der Waals surface area contributed by atoms with Gasteiger partial charge in [-0.1, -0.05) is 11.8 Å². The van der Waals surface area contributed by atoms with Gasteiger partial charge in [0.25, 0.3) is 0 Å². The first-order valence-corrected chi connectivity index (χ1v) is 3.18. The van der Waals surface area contributed by atoms with Crippen LogP contribution in [-0.4, -0.2) is 11.6 Å². The van der Waals surface area contributed by atoms with E-state index < -0.39 is 11.6 Å². The molecule has 1 unspecified atom stereocenters. The third kappa shape index (κ3) is 1.54. The van der Waals surface area contributed by atoms with Gasteiger partial charge in [0.2, 0.25) is 0 Å². The SMILES string of the molecule is FC(F)(F)C1NC=CS1. The molecule has 1 aliphatic heterocycles. The fraction of sp³-hybridized carbons (Fsp3) is 0.500. The highest BCUT2D eigenvalue weighted by atomic mass is 32.2. The third-order valence-electron chi connectivity index (χ3n) is 0.828. The minimum absolute atomic E-state index is 0.733. The molecule has 0 fully saturated rings. The van der Waals surface area contributed by atoms with Crippen LogP contribution in [-0.2, 0) is 0 Å². The molecule has 0 amide bonds. The van der Waals surface area contributed by atoms with Gasteiger partial charge in [0.05, 0.1) is 0 Å². The second-order valence-electron chi connectivity index (χ2n) is 1.53. The molecule has 52 valence electrons. The van der Waals surface area contributed by atoms with Crippen LogP contribution in [0.3, 0.4) is 0 Å². The van der Waals surface area contributed by atoms with E-state index in [4.69, 9.17) is 0 Å². The average Bonchev–Trinajstić information content (AvgIpc) is 2.08. The molecular formula is C4H4F3NS. The maximum absolute atomic E-state index is 11.6. The van der Waals surface area contributed by atoms with E-state index in [1.807, 2.05) is 0 Å². The summed E-state index contributed by atoms with van der Waals surface area (Å²) in [4.78, 5) is 0. The van der Waals surface area contributed by atoms with E-state index >= 15 is 0 Å². The van der Waals surface area contributed by atoms with Crippen molar-refractivity contribution in [2.24, 2.45) is 0 Å². The Hall–Kier alpha value is -0.320. The van der Waals surface area contributed by atoms with E-state index in [9.17, 15) is 13.2 Å². The van der Waals surface area contributed by atoms with Crippen LogP contribution in [0.1, 0.15) is 0 Å². The van der Waals surface area contributed by atoms with Crippen LogP contribution in [0.5, 0.6) is 0 Å². The molecule has 0 saturated heterocycles. The molecule has 0 aromatic heterocycles. The van der Waals surface area contributed by atoms with Gasteiger partial charge in [-0.05, 0) is 5.41 Å². The number of nitrogens with one attached hydrogen (secondary N) is 1. The molecule has 1 rings (SSSR count). The summed E-state index contributed by atoms with van der Waals surface area (Å²) in [6.45, 7) is 0. The maximum atomic E-state index is 11.6. The Kier molecular flexibility index (Phi) is 1.61. The van der Waals surface area contributed by atoms with E-state index in [-0.39, 0.29) is 0 Å². The highest BCUT2D eigenvalue weighted by Gasteiger charge is 2.40. The Morgan fingerprint density at radius 1 is 1.44 bits per heavy atom. The summed E-state index contributed by atoms with van der Waals surface area (Å²) in [6.07, 6.45) is -2.84. The zero-order valence-electron chi connectivity index (χ0n) is 4.27. The van der Waals surface area contributed by atoms with Gasteiger partial charge in [-0.25, -0.2) is 0 Å². The lowest BCUT2D eigenvalue weighted by Gasteiger charge is -2.13. The molecule has 0 radical (unpaired) electrons. The summed E-state index contributed by atoms with van der Waals surface area (Å²) in [5.41, 5.74) is 0. The summed E-state index contributed by atoms with van der Waals surface area (Å²) in [6, 6.07) is 0. The van der Waals surface area contributed by atoms with Crippen LogP contribution in [0.4, 0.5) is 13.2 Å². The Balaban J connectivity index is 2.46. The largest absolute Gasteiger partial charge is 0.418 e. The van der Waals surface area contributed by atoms with E-state index in [2.05, 4.69) is 5.32 Å². The molecule has 1 heterocycles. The molecule has 0 spiro atoms. The van der Waals surface area contributed by atoms with Gasteiger partial charge < -0.3 is 5.32 Å². The molecule has 5 heteroatoms. The van der Waals surface area contributed by atoms with Crippen molar-refractivity contribution >= 4 is 11.8 Å². The van der Waals surface area contributed by atoms with Gasteiger partial charge in [0.15, 0.2) is 5.37 Å². The predicted octanol–water partition coefficient (Wildman–Crippen LogP) is 1.68. The lowest BCUT2D eigenvalue weighted by molar-refractivity contribution is -0.131. The van der Waals surface area contributed by atoms with E-state index in [1.165, 1.54) is 11.6 Å². The second kappa shape index (κ2) is 2.13. The molecule has 0 aliphatic carbocycles. The van der Waals surface area contributed by atoms with Crippen molar-refractivity contribution in [1.82, 2.24) is 5.32 Å². The fourth-order valence-corrected chi connectivity index (χ4v) is 1.08. The van der Waals surface area contributed by atoms with Crippen LogP contribution in [0.25, 0.3) is 0 Å². The van der Waals surface area contributed by atoms with Crippen molar-refractivity contribution in [2.75, 3.05) is 0 Å². The van der Waals surface area contributed by atoms with Gasteiger partial charge in [-0.2, -0.15) is 13.2 Å². The highest BCUT2D eigenvalue weighted by Crippen LogP contribution is 2.31. The smallest absolute Gasteiger partial charge is 0.371 e. The maximum Gasteiger partial charge on any atom is 0.418 e. The molecule has 0 saturated carbocycles. The topological polar surface area (TPSA) is 12.0 Å². The van der Waals surface area contributed by atoms with Crippen molar-refractivity contribution < 1.29 is 13.2 Å². The highest BCUT2D eigenvalue weighted by molar-refractivity contribution is 8.03. The van der Waals surface area contributed by atoms with Crippen molar-refractivity contribution in [3.8, 4) is 0 Å². The summed E-state index contributed by atoms with van der Waals surface area (Å²) in [7, 11) is 0. The monoisotopic (exact) mass is 155 g/mol. The number of halogens is 3. The van der Waals surface area contributed by atoms with Crippen molar-refractivity contribution in [2.45, 2.75) is 11.6 Å². The fourth-order valence-electron chi connectivity index (χ4n) is 0.455. The Morgan fingerprint density at radius 3 is 2.33 bits per heavy atom. The average molecular weight is 155 g/mol. The first kappa shape index (κ1) is 6.80. The standard InChI is InChI=1S/C4H4F3NS/c5-4(6,7)3-8-1-2-9-3/h1-3,8H. The van der Waals surface area contributed by atoms with Gasteiger partial charge in [-0.3, -0.25) is 0 Å². The summed E-state index contributed by atoms with van der Waals surface area (Å²) in [5, 5.41) is 2.11. The molecule has 0 aromatic rings. The van der Waals surface area contributed by atoms with Crippen molar-refractivity contribution in [3.63, 3.8) is 0 Å². The predicted molar refractivity (Wildman–Crippen MR) is 29.7 cm³/mol. The van der Waals surface area contributed by atoms with E-state index in [1.54, 1.807) is 0 Å². The number of hydrogen-bond acceptors (Lipinski definition) is 2. The molecular weight excluding hydrogens is 151 g/mol. The van der Waals surface area contributed by atoms with Crippen LogP contribution >= 0.6 is 11.8 Å². The third-order valence-corrected chi connectivity index (χ3v) is 1.80. The molecule has 0 bridgehead atoms. The lowest BCUT2D eigenvalue weighted by atomic mass is 10.6. The lowest BCUT2D eigenvalue weighted by Crippen LogP contribution is -2.33. The Bertz CT molecular complexity index is 122. The van der Waals surface area contributed by atoms with E-state index in [0.29, 0.717) is 0 Å². The molecule has 1 N–H and O–H groups in total. The minimum Gasteiger partial charge on any atom is -0.371 e. The van der Waals surface area contributed by atoms with Gasteiger partial charge in [-0.15, -0.1) is 0 Å². The van der Waals surface area contributed by atoms with Crippen molar-refractivity contribution in [3.05, 3.63) is 11.6 Å². The normalized spacial score (nSPS) is 26.3. The number of hydrogen-bond donors (Lipinski definition) is 1. The minimum atomic E-state index is -4.13. The Morgan fingerprint density at radius 2 is 2.11 bits per heavy atom. The summed E-state index contributed by atoms with van der Waals surface area (Å²) in [5.74, 6) is 0. The van der Waals surface area contributed by atoms with Gasteiger partial charge >= 0.3 is 6.18 Å². The molecule has 0 aromatic carbocycles. The van der Waals surface area contributed by atoms with Crippen LogP contribution in [0.15, 0.2) is 11.6 Å². The number of rotatable bonds is 0. The number of thioether (sulfide) groups is 1. The zero-order chi connectivity index (χ0) is 6.91. The molecule has 1 aliphatic rings. The summed E-state index contributed by atoms with van der Waals surface area (Å²) < 4.78 is 34.9. The first-order valence-electron chi connectivity index (χ1n) is 2.24. The van der Waals surface area contributed by atoms with Crippen LogP contribution in [0, 0.1) is 0 Å². The van der Waals surface area contributed by atoms with Gasteiger partial charge in [0, 0.05) is 6.20 Å². The van der Waals surface area contributed by atoms with E-state index in [0.717, 1.165) is 11.8 Å². The van der Waals surface area contributed by atoms with Crippen molar-refractivity contribution in [1.29, 1.82) is 0 Å². The molecule has 1 nitrogen and oxygen atoms in total. The second-order valence-corrected chi connectivity index (χ2v) is 2.54. The van der Waals surface area contributed by atoms with Crippen LogP contribution in [0.2, 0.25) is 0 Å². The molecule has 9 heavy (non-hydrogen) atoms. The van der Waals surface area contributed by atoms with Gasteiger partial charge in [0.1, 0.15) is 0 Å². The number of alkyl halides is 3. The Labute approximate surface area is 54.3 Å². The zero-order valence-corrected chi connectivity index (χ0v) is 5.09. The molecule has 1 atom stereocenters.